The van der Waals surface area contributed by atoms with E-state index in [9.17, 15) is 19.2 Å². The Hall–Kier alpha value is -2.80. The van der Waals surface area contributed by atoms with E-state index >= 15 is 0 Å². The molecule has 1 aliphatic heterocycles. The first-order chi connectivity index (χ1) is 12.5. The standard InChI is InChI=1S/C19H17NO5S/c1-2-12-7-8-16(26-12)15(21)11-25-17(22)9-10-20-18(23)13-5-3-4-6-14(13)19(20)24/h3-8H,2,9-11H2,1H3. The van der Waals surface area contributed by atoms with E-state index in [1.807, 2.05) is 13.0 Å². The second kappa shape index (κ2) is 7.61. The molecule has 0 N–H and O–H groups in total. The molecular formula is C19H17NO5S. The highest BCUT2D eigenvalue weighted by Gasteiger charge is 2.35. The van der Waals surface area contributed by atoms with E-state index in [0.717, 1.165) is 16.2 Å². The number of hydrogen-bond acceptors (Lipinski definition) is 6. The maximum absolute atomic E-state index is 12.2. The van der Waals surface area contributed by atoms with E-state index in [4.69, 9.17) is 4.74 Å². The second-order valence-corrected chi connectivity index (χ2v) is 6.93. The number of imide groups is 1. The number of nitrogens with zero attached hydrogens (tertiary/aromatic N) is 1. The Morgan fingerprint density at radius 3 is 2.27 bits per heavy atom. The van der Waals surface area contributed by atoms with Gasteiger partial charge in [-0.05, 0) is 30.7 Å². The molecule has 0 spiro atoms. The zero-order valence-electron chi connectivity index (χ0n) is 14.2. The van der Waals surface area contributed by atoms with Crippen molar-refractivity contribution in [3.63, 3.8) is 0 Å². The first-order valence-corrected chi connectivity index (χ1v) is 9.05. The number of amides is 2. The van der Waals surface area contributed by atoms with Crippen molar-refractivity contribution in [1.29, 1.82) is 0 Å². The Labute approximate surface area is 154 Å². The molecular weight excluding hydrogens is 354 g/mol. The van der Waals surface area contributed by atoms with Crippen LogP contribution in [0.3, 0.4) is 0 Å². The van der Waals surface area contributed by atoms with Crippen molar-refractivity contribution in [2.75, 3.05) is 13.2 Å². The van der Waals surface area contributed by atoms with Crippen LogP contribution in [0.2, 0.25) is 0 Å². The lowest BCUT2D eigenvalue weighted by molar-refractivity contribution is -0.142. The number of benzene rings is 1. The normalized spacial score (nSPS) is 13.0. The van der Waals surface area contributed by atoms with Crippen LogP contribution in [0.15, 0.2) is 36.4 Å². The Kier molecular flexibility index (Phi) is 5.27. The Morgan fingerprint density at radius 1 is 1.04 bits per heavy atom. The molecule has 0 saturated carbocycles. The van der Waals surface area contributed by atoms with Crippen molar-refractivity contribution in [2.45, 2.75) is 19.8 Å². The summed E-state index contributed by atoms with van der Waals surface area (Å²) in [4.78, 5) is 50.9. The minimum Gasteiger partial charge on any atom is -0.457 e. The van der Waals surface area contributed by atoms with Gasteiger partial charge in [0.1, 0.15) is 0 Å². The summed E-state index contributed by atoms with van der Waals surface area (Å²) >= 11 is 1.38. The van der Waals surface area contributed by atoms with Gasteiger partial charge in [0.2, 0.25) is 5.78 Å². The Morgan fingerprint density at radius 2 is 1.69 bits per heavy atom. The average molecular weight is 371 g/mol. The van der Waals surface area contributed by atoms with Gasteiger partial charge in [-0.25, -0.2) is 0 Å². The lowest BCUT2D eigenvalue weighted by atomic mass is 10.1. The Bertz CT molecular complexity index is 851. The van der Waals surface area contributed by atoms with Crippen LogP contribution in [0.5, 0.6) is 0 Å². The summed E-state index contributed by atoms with van der Waals surface area (Å²) in [5, 5.41) is 0. The van der Waals surface area contributed by atoms with Gasteiger partial charge in [-0.15, -0.1) is 11.3 Å². The summed E-state index contributed by atoms with van der Waals surface area (Å²) in [7, 11) is 0. The summed E-state index contributed by atoms with van der Waals surface area (Å²) in [6.07, 6.45) is 0.696. The quantitative estimate of drug-likeness (QED) is 0.425. The van der Waals surface area contributed by atoms with E-state index in [0.29, 0.717) is 16.0 Å². The minimum absolute atomic E-state index is 0.0711. The third-order valence-electron chi connectivity index (χ3n) is 4.07. The average Bonchev–Trinajstić information content (AvgIpc) is 3.23. The van der Waals surface area contributed by atoms with E-state index in [2.05, 4.69) is 0 Å². The van der Waals surface area contributed by atoms with Crippen molar-refractivity contribution in [3.8, 4) is 0 Å². The first-order valence-electron chi connectivity index (χ1n) is 8.24. The lowest BCUT2D eigenvalue weighted by Crippen LogP contribution is -2.32. The van der Waals surface area contributed by atoms with Gasteiger partial charge in [0.25, 0.3) is 11.8 Å². The van der Waals surface area contributed by atoms with Crippen LogP contribution in [0.25, 0.3) is 0 Å². The third kappa shape index (κ3) is 3.57. The monoisotopic (exact) mass is 371 g/mol. The summed E-state index contributed by atoms with van der Waals surface area (Å²) in [6, 6.07) is 10.1. The van der Waals surface area contributed by atoms with Crippen LogP contribution in [0, 0.1) is 0 Å². The van der Waals surface area contributed by atoms with Gasteiger partial charge in [-0.1, -0.05) is 19.1 Å². The molecule has 0 atom stereocenters. The van der Waals surface area contributed by atoms with E-state index in [1.165, 1.54) is 11.3 Å². The second-order valence-electron chi connectivity index (χ2n) is 5.76. The fourth-order valence-electron chi connectivity index (χ4n) is 2.65. The fourth-order valence-corrected chi connectivity index (χ4v) is 3.52. The van der Waals surface area contributed by atoms with Crippen LogP contribution in [-0.4, -0.2) is 41.6 Å². The number of ether oxygens (including phenoxy) is 1. The van der Waals surface area contributed by atoms with Crippen LogP contribution in [-0.2, 0) is 16.0 Å². The highest BCUT2D eigenvalue weighted by Crippen LogP contribution is 2.22. The van der Waals surface area contributed by atoms with E-state index < -0.39 is 17.8 Å². The van der Waals surface area contributed by atoms with E-state index in [1.54, 1.807) is 30.3 Å². The van der Waals surface area contributed by atoms with Crippen molar-refractivity contribution in [1.82, 2.24) is 4.90 Å². The number of esters is 1. The zero-order chi connectivity index (χ0) is 18.7. The first kappa shape index (κ1) is 18.0. The molecule has 0 bridgehead atoms. The molecule has 0 fully saturated rings. The van der Waals surface area contributed by atoms with Crippen LogP contribution < -0.4 is 0 Å². The molecule has 7 heteroatoms. The van der Waals surface area contributed by atoms with E-state index in [-0.39, 0.29) is 25.4 Å². The van der Waals surface area contributed by atoms with Gasteiger partial charge < -0.3 is 4.74 Å². The lowest BCUT2D eigenvalue weighted by Gasteiger charge is -2.12. The predicted octanol–water partition coefficient (Wildman–Crippen LogP) is 2.72. The largest absolute Gasteiger partial charge is 0.457 e. The molecule has 1 aliphatic rings. The number of hydrogen-bond donors (Lipinski definition) is 0. The number of Topliss-reactive ketones (excluding diaryl/α,β-unsaturated/α-hetero) is 1. The van der Waals surface area contributed by atoms with Crippen LogP contribution in [0.1, 0.15) is 48.6 Å². The number of fused-ring (bicyclic) bond motifs is 1. The van der Waals surface area contributed by atoms with Crippen molar-refractivity contribution < 1.29 is 23.9 Å². The SMILES string of the molecule is CCc1ccc(C(=O)COC(=O)CCN2C(=O)c3ccccc3C2=O)s1. The van der Waals surface area contributed by atoms with Gasteiger partial charge >= 0.3 is 5.97 Å². The highest BCUT2D eigenvalue weighted by atomic mass is 32.1. The number of carbonyl (C=O) groups is 4. The molecule has 1 aromatic heterocycles. The van der Waals surface area contributed by atoms with Gasteiger partial charge in [0.15, 0.2) is 6.61 Å². The van der Waals surface area contributed by atoms with Gasteiger partial charge in [0.05, 0.1) is 22.4 Å². The molecule has 3 rings (SSSR count). The number of rotatable bonds is 7. The molecule has 26 heavy (non-hydrogen) atoms. The predicted molar refractivity (Wildman–Crippen MR) is 95.4 cm³/mol. The van der Waals surface area contributed by atoms with Crippen molar-refractivity contribution >= 4 is 34.9 Å². The maximum atomic E-state index is 12.2. The molecule has 0 unspecified atom stereocenters. The topological polar surface area (TPSA) is 80.8 Å². The molecule has 2 aromatic rings. The number of ketones is 1. The van der Waals surface area contributed by atoms with Crippen LogP contribution in [0.4, 0.5) is 0 Å². The fraction of sp³-hybridized carbons (Fsp3) is 0.263. The summed E-state index contributed by atoms with van der Waals surface area (Å²) in [5.74, 6) is -1.72. The Balaban J connectivity index is 1.50. The smallest absolute Gasteiger partial charge is 0.308 e. The van der Waals surface area contributed by atoms with Gasteiger partial charge in [-0.3, -0.25) is 24.1 Å². The number of thiophene rings is 1. The molecule has 2 amide bonds. The molecule has 0 saturated heterocycles. The molecule has 2 heterocycles. The number of aryl methyl sites for hydroxylation is 1. The minimum atomic E-state index is -0.623. The van der Waals surface area contributed by atoms with Gasteiger partial charge in [-0.2, -0.15) is 0 Å². The molecule has 0 radical (unpaired) electrons. The molecule has 1 aromatic carbocycles. The summed E-state index contributed by atoms with van der Waals surface area (Å²) in [5.41, 5.74) is 0.677. The van der Waals surface area contributed by atoms with Crippen molar-refractivity contribution in [2.24, 2.45) is 0 Å². The molecule has 6 nitrogen and oxygen atoms in total. The van der Waals surface area contributed by atoms with Crippen molar-refractivity contribution in [3.05, 3.63) is 57.3 Å². The number of carbonyl (C=O) groups excluding carboxylic acids is 4. The maximum Gasteiger partial charge on any atom is 0.308 e. The third-order valence-corrected chi connectivity index (χ3v) is 5.34. The summed E-state index contributed by atoms with van der Waals surface area (Å²) < 4.78 is 4.98. The molecule has 0 aliphatic carbocycles. The highest BCUT2D eigenvalue weighted by molar-refractivity contribution is 7.14. The van der Waals surface area contributed by atoms with Gasteiger partial charge in [0, 0.05) is 11.4 Å². The summed E-state index contributed by atoms with van der Waals surface area (Å²) in [6.45, 7) is 1.59. The zero-order valence-corrected chi connectivity index (χ0v) is 15.0. The van der Waals surface area contributed by atoms with Crippen LogP contribution >= 0.6 is 11.3 Å². The molecule has 134 valence electrons.